The Balaban J connectivity index is 1.87. The van der Waals surface area contributed by atoms with Crippen molar-refractivity contribution in [2.24, 2.45) is 5.92 Å². The summed E-state index contributed by atoms with van der Waals surface area (Å²) < 4.78 is 5.23. The Morgan fingerprint density at radius 3 is 2.27 bits per heavy atom. The number of nitrogens with zero attached hydrogens (tertiary/aromatic N) is 2. The molecule has 0 N–H and O–H groups in total. The number of imide groups is 1. The van der Waals surface area contributed by atoms with Crippen LogP contribution >= 0.6 is 0 Å². The summed E-state index contributed by atoms with van der Waals surface area (Å²) in [6, 6.07) is 0. The topological polar surface area (TPSA) is 93.2 Å². The molecule has 122 valence electrons. The third kappa shape index (κ3) is 3.75. The molecule has 0 aromatic rings. The Morgan fingerprint density at radius 2 is 1.73 bits per heavy atom. The number of ether oxygens (including phenoxy) is 1. The molecule has 0 bridgehead atoms. The van der Waals surface area contributed by atoms with Gasteiger partial charge in [0, 0.05) is 25.9 Å². The van der Waals surface area contributed by atoms with Gasteiger partial charge in [-0.2, -0.15) is 0 Å². The van der Waals surface area contributed by atoms with Gasteiger partial charge in [0.25, 0.3) is 11.8 Å². The van der Waals surface area contributed by atoms with Gasteiger partial charge in [0.1, 0.15) is 5.60 Å². The summed E-state index contributed by atoms with van der Waals surface area (Å²) in [6.07, 6.45) is 0.0340. The first-order valence-electron chi connectivity index (χ1n) is 7.23. The van der Waals surface area contributed by atoms with E-state index in [0.717, 1.165) is 0 Å². The van der Waals surface area contributed by atoms with E-state index in [1.165, 1.54) is 4.90 Å². The van der Waals surface area contributed by atoms with Gasteiger partial charge in [0.05, 0.1) is 5.92 Å². The van der Waals surface area contributed by atoms with E-state index in [0.29, 0.717) is 18.0 Å². The molecule has 0 spiro atoms. The molecule has 1 unspecified atom stereocenters. The fourth-order valence-electron chi connectivity index (χ4n) is 2.27. The average molecular weight is 312 g/mol. The molecule has 0 aromatic heterocycles. The van der Waals surface area contributed by atoms with Crippen molar-refractivity contribution in [1.82, 2.24) is 9.96 Å². The summed E-state index contributed by atoms with van der Waals surface area (Å²) in [5.74, 6) is -2.26. The third-order valence-corrected chi connectivity index (χ3v) is 3.36. The van der Waals surface area contributed by atoms with E-state index in [1.54, 1.807) is 20.8 Å². The summed E-state index contributed by atoms with van der Waals surface area (Å²) in [6.45, 7) is 5.81. The lowest BCUT2D eigenvalue weighted by Gasteiger charge is -2.24. The van der Waals surface area contributed by atoms with Crippen molar-refractivity contribution in [3.8, 4) is 0 Å². The first-order chi connectivity index (χ1) is 10.2. The average Bonchev–Trinajstić information content (AvgIpc) is 2.99. The predicted octanol–water partition coefficient (Wildman–Crippen LogP) is 0.851. The Kier molecular flexibility index (Phi) is 4.39. The van der Waals surface area contributed by atoms with E-state index in [1.807, 2.05) is 0 Å². The highest BCUT2D eigenvalue weighted by molar-refractivity contribution is 6.01. The SMILES string of the molecule is CC(C)(C)OC(=O)N1CCC(C(=O)ON2C(=O)CCC2=O)C1. The molecule has 2 aliphatic heterocycles. The van der Waals surface area contributed by atoms with Crippen molar-refractivity contribution in [2.75, 3.05) is 13.1 Å². The molecule has 2 rings (SSSR count). The Bertz CT molecular complexity index is 494. The van der Waals surface area contributed by atoms with Crippen molar-refractivity contribution in [2.45, 2.75) is 45.6 Å². The van der Waals surface area contributed by atoms with Crippen LogP contribution in [0.4, 0.5) is 4.79 Å². The first-order valence-corrected chi connectivity index (χ1v) is 7.23. The van der Waals surface area contributed by atoms with Gasteiger partial charge >= 0.3 is 12.1 Å². The number of hydrogen-bond donors (Lipinski definition) is 0. The molecule has 22 heavy (non-hydrogen) atoms. The zero-order valence-electron chi connectivity index (χ0n) is 13.0. The molecular weight excluding hydrogens is 292 g/mol. The van der Waals surface area contributed by atoms with E-state index in [-0.39, 0.29) is 19.4 Å². The van der Waals surface area contributed by atoms with E-state index >= 15 is 0 Å². The van der Waals surface area contributed by atoms with Crippen LogP contribution in [0.3, 0.4) is 0 Å². The molecule has 8 heteroatoms. The third-order valence-electron chi connectivity index (χ3n) is 3.36. The van der Waals surface area contributed by atoms with Crippen molar-refractivity contribution >= 4 is 23.9 Å². The molecule has 2 heterocycles. The van der Waals surface area contributed by atoms with Gasteiger partial charge in [0.15, 0.2) is 0 Å². The summed E-state index contributed by atoms with van der Waals surface area (Å²) in [7, 11) is 0. The van der Waals surface area contributed by atoms with Crippen LogP contribution in [-0.2, 0) is 24.0 Å². The molecule has 0 aliphatic carbocycles. The maximum Gasteiger partial charge on any atom is 0.410 e. The van der Waals surface area contributed by atoms with Crippen LogP contribution < -0.4 is 0 Å². The minimum atomic E-state index is -0.672. The molecule has 0 radical (unpaired) electrons. The van der Waals surface area contributed by atoms with Gasteiger partial charge in [-0.05, 0) is 27.2 Å². The minimum absolute atomic E-state index is 0.0564. The number of carbonyl (C=O) groups is 4. The molecule has 2 saturated heterocycles. The molecule has 2 fully saturated rings. The molecule has 1 atom stereocenters. The van der Waals surface area contributed by atoms with Crippen molar-refractivity contribution in [3.63, 3.8) is 0 Å². The van der Waals surface area contributed by atoms with E-state index in [2.05, 4.69) is 0 Å². The van der Waals surface area contributed by atoms with Gasteiger partial charge in [-0.15, -0.1) is 5.06 Å². The number of carbonyl (C=O) groups excluding carboxylic acids is 4. The Hall–Kier alpha value is -2.12. The number of likely N-dealkylation sites (tertiary alicyclic amines) is 1. The fourth-order valence-corrected chi connectivity index (χ4v) is 2.27. The van der Waals surface area contributed by atoms with E-state index in [4.69, 9.17) is 9.57 Å². The highest BCUT2D eigenvalue weighted by Gasteiger charge is 2.38. The Morgan fingerprint density at radius 1 is 1.14 bits per heavy atom. The standard InChI is InChI=1S/C14H20N2O6/c1-14(2,3)21-13(20)15-7-6-9(8-15)12(19)22-16-10(17)4-5-11(16)18/h9H,4-8H2,1-3H3. The van der Waals surface area contributed by atoms with Crippen LogP contribution in [0.15, 0.2) is 0 Å². The van der Waals surface area contributed by atoms with Crippen molar-refractivity contribution in [3.05, 3.63) is 0 Å². The summed E-state index contributed by atoms with van der Waals surface area (Å²) in [5.41, 5.74) is -0.607. The quantitative estimate of drug-likeness (QED) is 0.702. The largest absolute Gasteiger partial charge is 0.444 e. The maximum atomic E-state index is 12.0. The predicted molar refractivity (Wildman–Crippen MR) is 73.1 cm³/mol. The molecule has 3 amide bonds. The fraction of sp³-hybridized carbons (Fsp3) is 0.714. The van der Waals surface area contributed by atoms with Crippen LogP contribution in [0.25, 0.3) is 0 Å². The summed E-state index contributed by atoms with van der Waals surface area (Å²) in [5, 5.41) is 0.526. The minimum Gasteiger partial charge on any atom is -0.444 e. The Labute approximate surface area is 128 Å². The molecular formula is C14H20N2O6. The van der Waals surface area contributed by atoms with Gasteiger partial charge < -0.3 is 14.5 Å². The molecule has 0 saturated carbocycles. The van der Waals surface area contributed by atoms with E-state index < -0.39 is 35.4 Å². The molecule has 2 aliphatic rings. The highest BCUT2D eigenvalue weighted by atomic mass is 16.7. The van der Waals surface area contributed by atoms with E-state index in [9.17, 15) is 19.2 Å². The summed E-state index contributed by atoms with van der Waals surface area (Å²) >= 11 is 0. The van der Waals surface area contributed by atoms with Crippen LogP contribution in [0.1, 0.15) is 40.0 Å². The lowest BCUT2D eigenvalue weighted by molar-refractivity contribution is -0.200. The lowest BCUT2D eigenvalue weighted by atomic mass is 10.1. The van der Waals surface area contributed by atoms with Gasteiger partial charge in [-0.3, -0.25) is 9.59 Å². The van der Waals surface area contributed by atoms with Crippen molar-refractivity contribution in [1.29, 1.82) is 0 Å². The van der Waals surface area contributed by atoms with Crippen molar-refractivity contribution < 1.29 is 28.8 Å². The monoisotopic (exact) mass is 312 g/mol. The van der Waals surface area contributed by atoms with Crippen LogP contribution in [0.2, 0.25) is 0 Å². The smallest absolute Gasteiger partial charge is 0.410 e. The zero-order valence-corrected chi connectivity index (χ0v) is 13.0. The second-order valence-corrected chi connectivity index (χ2v) is 6.40. The number of rotatable bonds is 2. The van der Waals surface area contributed by atoms with Gasteiger partial charge in [-0.1, -0.05) is 0 Å². The summed E-state index contributed by atoms with van der Waals surface area (Å²) in [4.78, 5) is 53.0. The number of amides is 3. The van der Waals surface area contributed by atoms with Crippen LogP contribution in [-0.4, -0.2) is 52.5 Å². The molecule has 0 aromatic carbocycles. The highest BCUT2D eigenvalue weighted by Crippen LogP contribution is 2.22. The maximum absolute atomic E-state index is 12.0. The second-order valence-electron chi connectivity index (χ2n) is 6.40. The zero-order chi connectivity index (χ0) is 16.5. The van der Waals surface area contributed by atoms with Gasteiger partial charge in [0.2, 0.25) is 0 Å². The second kappa shape index (κ2) is 5.94. The van der Waals surface area contributed by atoms with Gasteiger partial charge in [-0.25, -0.2) is 9.59 Å². The van der Waals surface area contributed by atoms with Crippen LogP contribution in [0.5, 0.6) is 0 Å². The molecule has 8 nitrogen and oxygen atoms in total. The number of hydrogen-bond acceptors (Lipinski definition) is 6. The van der Waals surface area contributed by atoms with Crippen LogP contribution in [0, 0.1) is 5.92 Å². The first kappa shape index (κ1) is 16.3. The number of hydroxylamine groups is 2. The normalized spacial score (nSPS) is 22.2. The lowest BCUT2D eigenvalue weighted by Crippen LogP contribution is -2.37.